The maximum Gasteiger partial charge on any atom is 0.238 e. The van der Waals surface area contributed by atoms with Crippen LogP contribution in [0.5, 0.6) is 0 Å². The summed E-state index contributed by atoms with van der Waals surface area (Å²) in [5.41, 5.74) is 1.56. The minimum absolute atomic E-state index is 0.0118. The van der Waals surface area contributed by atoms with Crippen LogP contribution < -0.4 is 10.2 Å². The van der Waals surface area contributed by atoms with Gasteiger partial charge < -0.3 is 15.1 Å². The average Bonchev–Trinajstić information content (AvgIpc) is 3.32. The Labute approximate surface area is 167 Å². The Balaban J connectivity index is 1.29. The zero-order chi connectivity index (χ0) is 19.3. The highest BCUT2D eigenvalue weighted by atomic mass is 16.2. The number of carbonyl (C=O) groups is 2. The zero-order valence-electron chi connectivity index (χ0n) is 16.7. The maximum atomic E-state index is 12.6. The molecular weight excluding hydrogens is 352 g/mol. The molecule has 1 aromatic rings. The number of piperidine rings is 1. The van der Waals surface area contributed by atoms with Crippen LogP contribution in [-0.4, -0.2) is 67.4 Å². The summed E-state index contributed by atoms with van der Waals surface area (Å²) in [5, 5.41) is 3.05. The monoisotopic (exact) mass is 384 g/mol. The fourth-order valence-electron chi connectivity index (χ4n) is 4.82. The van der Waals surface area contributed by atoms with Gasteiger partial charge in [-0.3, -0.25) is 14.5 Å². The van der Waals surface area contributed by atoms with Crippen molar-refractivity contribution in [1.29, 1.82) is 0 Å². The van der Waals surface area contributed by atoms with Gasteiger partial charge in [-0.05, 0) is 63.4 Å². The molecule has 1 N–H and O–H groups in total. The number of likely N-dealkylation sites (tertiary alicyclic amines) is 2. The van der Waals surface area contributed by atoms with Gasteiger partial charge in [-0.2, -0.15) is 0 Å². The van der Waals surface area contributed by atoms with E-state index < -0.39 is 0 Å². The van der Waals surface area contributed by atoms with Crippen molar-refractivity contribution in [2.24, 2.45) is 5.92 Å². The van der Waals surface area contributed by atoms with Crippen molar-refractivity contribution in [1.82, 2.24) is 9.80 Å². The second-order valence-corrected chi connectivity index (χ2v) is 8.47. The Hall–Kier alpha value is -1.92. The van der Waals surface area contributed by atoms with Gasteiger partial charge in [0.05, 0.1) is 17.9 Å². The van der Waals surface area contributed by atoms with Crippen LogP contribution in [0.3, 0.4) is 0 Å². The molecule has 0 saturated carbocycles. The normalized spacial score (nSPS) is 24.1. The van der Waals surface area contributed by atoms with Gasteiger partial charge in [0.15, 0.2) is 0 Å². The number of para-hydroxylation sites is 2. The number of rotatable bonds is 6. The summed E-state index contributed by atoms with van der Waals surface area (Å²) in [6.07, 6.45) is 6.69. The Bertz CT molecular complexity index is 702. The van der Waals surface area contributed by atoms with Gasteiger partial charge in [-0.15, -0.1) is 0 Å². The first kappa shape index (κ1) is 19.4. The molecule has 6 nitrogen and oxygen atoms in total. The third-order valence-electron chi connectivity index (χ3n) is 6.24. The minimum atomic E-state index is 0.0118. The highest BCUT2D eigenvalue weighted by Crippen LogP contribution is 2.29. The first-order valence-corrected chi connectivity index (χ1v) is 10.8. The molecule has 3 heterocycles. The lowest BCUT2D eigenvalue weighted by atomic mass is 10.1. The molecule has 3 aliphatic heterocycles. The van der Waals surface area contributed by atoms with Crippen molar-refractivity contribution in [3.8, 4) is 0 Å². The number of hydrogen-bond donors (Lipinski definition) is 1. The molecule has 2 amide bonds. The predicted molar refractivity (Wildman–Crippen MR) is 111 cm³/mol. The molecule has 0 aliphatic carbocycles. The summed E-state index contributed by atoms with van der Waals surface area (Å²) in [5.74, 6) is 0.833. The molecule has 1 atom stereocenters. The predicted octanol–water partition coefficient (Wildman–Crippen LogP) is 2.56. The minimum Gasteiger partial charge on any atom is -0.323 e. The van der Waals surface area contributed by atoms with Gasteiger partial charge in [0.1, 0.15) is 0 Å². The van der Waals surface area contributed by atoms with Crippen molar-refractivity contribution in [2.75, 3.05) is 56.0 Å². The van der Waals surface area contributed by atoms with E-state index in [0.717, 1.165) is 37.4 Å². The van der Waals surface area contributed by atoms with Gasteiger partial charge in [0.25, 0.3) is 0 Å². The Kier molecular flexibility index (Phi) is 6.27. The lowest BCUT2D eigenvalue weighted by molar-refractivity contribution is -0.118. The number of amides is 2. The van der Waals surface area contributed by atoms with Crippen molar-refractivity contribution in [3.63, 3.8) is 0 Å². The van der Waals surface area contributed by atoms with E-state index in [1.165, 1.54) is 45.3 Å². The highest BCUT2D eigenvalue weighted by molar-refractivity contribution is 6.02. The van der Waals surface area contributed by atoms with Crippen LogP contribution in [0.1, 0.15) is 38.5 Å². The molecular formula is C22H32N4O2. The second kappa shape index (κ2) is 9.05. The third-order valence-corrected chi connectivity index (χ3v) is 6.24. The highest BCUT2D eigenvalue weighted by Gasteiger charge is 2.27. The topological polar surface area (TPSA) is 55.9 Å². The Morgan fingerprint density at radius 1 is 1.00 bits per heavy atom. The molecule has 1 unspecified atom stereocenters. The van der Waals surface area contributed by atoms with Crippen LogP contribution in [-0.2, 0) is 9.59 Å². The number of nitrogens with one attached hydrogen (secondary N) is 1. The van der Waals surface area contributed by atoms with Crippen molar-refractivity contribution in [3.05, 3.63) is 24.3 Å². The van der Waals surface area contributed by atoms with E-state index in [-0.39, 0.29) is 11.8 Å². The molecule has 6 heteroatoms. The number of benzene rings is 1. The van der Waals surface area contributed by atoms with Crippen molar-refractivity contribution >= 4 is 23.2 Å². The summed E-state index contributed by atoms with van der Waals surface area (Å²) < 4.78 is 0. The molecule has 0 aromatic heterocycles. The molecule has 0 bridgehead atoms. The maximum absolute atomic E-state index is 12.6. The molecule has 152 valence electrons. The molecule has 1 aromatic carbocycles. The van der Waals surface area contributed by atoms with Crippen LogP contribution >= 0.6 is 0 Å². The van der Waals surface area contributed by atoms with E-state index >= 15 is 0 Å². The molecule has 4 rings (SSSR count). The first-order valence-electron chi connectivity index (χ1n) is 10.8. The Morgan fingerprint density at radius 3 is 2.61 bits per heavy atom. The SMILES string of the molecule is O=C(CN1CCC(CN2CCCCC2)C1)Nc1ccccc1N1CCCC1=O. The molecule has 0 spiro atoms. The largest absolute Gasteiger partial charge is 0.323 e. The van der Waals surface area contributed by atoms with Crippen molar-refractivity contribution in [2.45, 2.75) is 38.5 Å². The zero-order valence-corrected chi connectivity index (χ0v) is 16.7. The van der Waals surface area contributed by atoms with Crippen LogP contribution in [0.15, 0.2) is 24.3 Å². The van der Waals surface area contributed by atoms with Crippen LogP contribution in [0.4, 0.5) is 11.4 Å². The molecule has 0 radical (unpaired) electrons. The molecule has 3 aliphatic rings. The van der Waals surface area contributed by atoms with E-state index in [4.69, 9.17) is 0 Å². The lowest BCUT2D eigenvalue weighted by Crippen LogP contribution is -2.36. The van der Waals surface area contributed by atoms with E-state index in [9.17, 15) is 9.59 Å². The van der Waals surface area contributed by atoms with E-state index in [1.807, 2.05) is 24.3 Å². The average molecular weight is 385 g/mol. The fraction of sp³-hybridized carbons (Fsp3) is 0.636. The van der Waals surface area contributed by atoms with Crippen LogP contribution in [0.2, 0.25) is 0 Å². The molecule has 28 heavy (non-hydrogen) atoms. The van der Waals surface area contributed by atoms with Gasteiger partial charge in [0.2, 0.25) is 11.8 Å². The van der Waals surface area contributed by atoms with Crippen molar-refractivity contribution < 1.29 is 9.59 Å². The summed E-state index contributed by atoms with van der Waals surface area (Å²) in [4.78, 5) is 31.4. The number of nitrogens with zero attached hydrogens (tertiary/aromatic N) is 3. The summed E-state index contributed by atoms with van der Waals surface area (Å²) in [6.45, 7) is 6.83. The number of hydrogen-bond acceptors (Lipinski definition) is 4. The fourth-order valence-corrected chi connectivity index (χ4v) is 4.82. The van der Waals surface area contributed by atoms with E-state index in [0.29, 0.717) is 18.9 Å². The summed E-state index contributed by atoms with van der Waals surface area (Å²) in [6, 6.07) is 7.64. The summed E-state index contributed by atoms with van der Waals surface area (Å²) in [7, 11) is 0. The van der Waals surface area contributed by atoms with Crippen LogP contribution in [0.25, 0.3) is 0 Å². The van der Waals surface area contributed by atoms with Crippen LogP contribution in [0, 0.1) is 5.92 Å². The van der Waals surface area contributed by atoms with Gasteiger partial charge in [0, 0.05) is 26.1 Å². The standard InChI is InChI=1S/C22H32N4O2/c27-21(17-25-14-10-18(16-25)15-24-11-4-1-5-12-24)23-19-7-2-3-8-20(19)26-13-6-9-22(26)28/h2-3,7-8,18H,1,4-6,9-17H2,(H,23,27). The van der Waals surface area contributed by atoms with Gasteiger partial charge in [-0.25, -0.2) is 0 Å². The second-order valence-electron chi connectivity index (χ2n) is 8.47. The number of anilines is 2. The van der Waals surface area contributed by atoms with E-state index in [1.54, 1.807) is 4.90 Å². The Morgan fingerprint density at radius 2 is 1.82 bits per heavy atom. The van der Waals surface area contributed by atoms with Gasteiger partial charge in [-0.1, -0.05) is 18.6 Å². The number of carbonyl (C=O) groups excluding carboxylic acids is 2. The third kappa shape index (κ3) is 4.73. The first-order chi connectivity index (χ1) is 13.7. The summed E-state index contributed by atoms with van der Waals surface area (Å²) >= 11 is 0. The van der Waals surface area contributed by atoms with E-state index in [2.05, 4.69) is 15.1 Å². The lowest BCUT2D eigenvalue weighted by Gasteiger charge is -2.29. The smallest absolute Gasteiger partial charge is 0.238 e. The molecule has 3 saturated heterocycles. The van der Waals surface area contributed by atoms with Gasteiger partial charge >= 0.3 is 0 Å². The quantitative estimate of drug-likeness (QED) is 0.819. The molecule has 3 fully saturated rings.